The monoisotopic (exact) mass is 198 g/mol. The lowest BCUT2D eigenvalue weighted by Gasteiger charge is -2.26. The molecule has 0 saturated carbocycles. The van der Waals surface area contributed by atoms with Crippen LogP contribution in [0.2, 0.25) is 0 Å². The number of ether oxygens (including phenoxy) is 1. The normalized spacial score (nSPS) is 13.6. The van der Waals surface area contributed by atoms with E-state index in [1.165, 1.54) is 0 Å². The molecule has 0 aromatic rings. The van der Waals surface area contributed by atoms with E-state index < -0.39 is 0 Å². The summed E-state index contributed by atoms with van der Waals surface area (Å²) in [5, 5.41) is 11.9. The fourth-order valence-corrected chi connectivity index (χ4v) is 1.13. The van der Waals surface area contributed by atoms with Gasteiger partial charge in [-0.2, -0.15) is 5.26 Å². The molecule has 1 unspecified atom stereocenters. The minimum Gasteiger partial charge on any atom is -0.385 e. The summed E-state index contributed by atoms with van der Waals surface area (Å²) in [6.45, 7) is 8.17. The van der Waals surface area contributed by atoms with E-state index >= 15 is 0 Å². The smallest absolute Gasteiger partial charge is 0.0638 e. The first kappa shape index (κ1) is 13.4. The van der Waals surface area contributed by atoms with E-state index in [4.69, 9.17) is 10.00 Å². The van der Waals surface area contributed by atoms with Gasteiger partial charge in [0.15, 0.2) is 0 Å². The molecule has 82 valence electrons. The van der Waals surface area contributed by atoms with E-state index in [0.29, 0.717) is 6.42 Å². The van der Waals surface area contributed by atoms with Crippen LogP contribution >= 0.6 is 0 Å². The molecule has 0 heterocycles. The lowest BCUT2D eigenvalue weighted by atomic mass is 9.89. The van der Waals surface area contributed by atoms with Crippen molar-refractivity contribution in [1.29, 1.82) is 5.26 Å². The van der Waals surface area contributed by atoms with Gasteiger partial charge in [-0.1, -0.05) is 13.8 Å². The molecular formula is C11H22N2O. The van der Waals surface area contributed by atoms with Crippen molar-refractivity contribution in [1.82, 2.24) is 5.32 Å². The number of nitrogens with one attached hydrogen (secondary N) is 1. The first-order valence-electron chi connectivity index (χ1n) is 5.11. The molecule has 0 aliphatic heterocycles. The molecular weight excluding hydrogens is 176 g/mol. The predicted octanol–water partition coefficient (Wildman–Crippen LogP) is 1.94. The maximum Gasteiger partial charge on any atom is 0.0638 e. The quantitative estimate of drug-likeness (QED) is 0.680. The molecule has 3 nitrogen and oxygen atoms in total. The third-order valence-electron chi connectivity index (χ3n) is 2.31. The highest BCUT2D eigenvalue weighted by Gasteiger charge is 2.17. The van der Waals surface area contributed by atoms with Gasteiger partial charge in [-0.25, -0.2) is 0 Å². The lowest BCUT2D eigenvalue weighted by Crippen LogP contribution is -2.35. The molecule has 0 aromatic carbocycles. The van der Waals surface area contributed by atoms with Gasteiger partial charge in [-0.15, -0.1) is 0 Å². The van der Waals surface area contributed by atoms with Gasteiger partial charge >= 0.3 is 0 Å². The van der Waals surface area contributed by atoms with Crippen LogP contribution in [0.4, 0.5) is 0 Å². The molecule has 0 aliphatic rings. The fraction of sp³-hybridized carbons (Fsp3) is 0.909. The first-order valence-corrected chi connectivity index (χ1v) is 5.11. The van der Waals surface area contributed by atoms with E-state index in [1.54, 1.807) is 7.11 Å². The summed E-state index contributed by atoms with van der Waals surface area (Å²) in [5.41, 5.74) is 0.236. The Hall–Kier alpha value is -0.590. The molecule has 0 bridgehead atoms. The zero-order valence-electron chi connectivity index (χ0n) is 9.76. The van der Waals surface area contributed by atoms with Gasteiger partial charge in [0.1, 0.15) is 0 Å². The lowest BCUT2D eigenvalue weighted by molar-refractivity contribution is 0.149. The molecule has 0 saturated heterocycles. The van der Waals surface area contributed by atoms with E-state index in [1.807, 2.05) is 6.92 Å². The van der Waals surface area contributed by atoms with Crippen LogP contribution < -0.4 is 5.32 Å². The zero-order chi connectivity index (χ0) is 11.0. The Bertz CT molecular complexity index is 184. The minimum absolute atomic E-state index is 0.236. The van der Waals surface area contributed by atoms with Crippen molar-refractivity contribution in [3.63, 3.8) is 0 Å². The van der Waals surface area contributed by atoms with Crippen molar-refractivity contribution in [2.45, 2.75) is 39.7 Å². The summed E-state index contributed by atoms with van der Waals surface area (Å²) in [5.74, 6) is 0. The highest BCUT2D eigenvalue weighted by Crippen LogP contribution is 2.18. The van der Waals surface area contributed by atoms with Crippen molar-refractivity contribution >= 4 is 0 Å². The Labute approximate surface area is 87.4 Å². The van der Waals surface area contributed by atoms with E-state index in [-0.39, 0.29) is 11.5 Å². The summed E-state index contributed by atoms with van der Waals surface area (Å²) in [7, 11) is 1.72. The van der Waals surface area contributed by atoms with Gasteiger partial charge in [0.2, 0.25) is 0 Å². The van der Waals surface area contributed by atoms with Crippen molar-refractivity contribution in [3.8, 4) is 6.07 Å². The number of nitriles is 1. The number of methoxy groups -OCH3 is 1. The van der Waals surface area contributed by atoms with Gasteiger partial charge in [0, 0.05) is 26.3 Å². The Balaban J connectivity index is 3.69. The highest BCUT2D eigenvalue weighted by molar-refractivity contribution is 4.80. The van der Waals surface area contributed by atoms with Crippen molar-refractivity contribution in [2.24, 2.45) is 5.41 Å². The van der Waals surface area contributed by atoms with Crippen LogP contribution in [0.3, 0.4) is 0 Å². The summed E-state index contributed by atoms with van der Waals surface area (Å²) < 4.78 is 5.05. The molecule has 0 amide bonds. The van der Waals surface area contributed by atoms with E-state index in [9.17, 15) is 0 Å². The third-order valence-corrected chi connectivity index (χ3v) is 2.31. The SMILES string of the molecule is COCCC(C)(C)CNC(C)CC#N. The fourth-order valence-electron chi connectivity index (χ4n) is 1.13. The van der Waals surface area contributed by atoms with E-state index in [0.717, 1.165) is 19.6 Å². The number of hydrogen-bond donors (Lipinski definition) is 1. The second-order valence-corrected chi connectivity index (χ2v) is 4.55. The van der Waals surface area contributed by atoms with Crippen LogP contribution in [0.1, 0.15) is 33.6 Å². The maximum absolute atomic E-state index is 8.50. The minimum atomic E-state index is 0.236. The van der Waals surface area contributed by atoms with E-state index in [2.05, 4.69) is 25.2 Å². The molecule has 14 heavy (non-hydrogen) atoms. The van der Waals surface area contributed by atoms with Crippen molar-refractivity contribution in [3.05, 3.63) is 0 Å². The summed E-state index contributed by atoms with van der Waals surface area (Å²) in [6.07, 6.45) is 1.61. The largest absolute Gasteiger partial charge is 0.385 e. The maximum atomic E-state index is 8.50. The van der Waals surface area contributed by atoms with Crippen LogP contribution in [0, 0.1) is 16.7 Å². The molecule has 1 N–H and O–H groups in total. The molecule has 0 rings (SSSR count). The van der Waals surface area contributed by atoms with Crippen molar-refractivity contribution < 1.29 is 4.74 Å². The predicted molar refractivity (Wildman–Crippen MR) is 58.0 cm³/mol. The first-order chi connectivity index (χ1) is 6.52. The second kappa shape index (κ2) is 6.80. The van der Waals surface area contributed by atoms with Crippen LogP contribution in [-0.4, -0.2) is 26.3 Å². The molecule has 0 aliphatic carbocycles. The zero-order valence-corrected chi connectivity index (χ0v) is 9.76. The molecule has 0 fully saturated rings. The topological polar surface area (TPSA) is 45.0 Å². The van der Waals surface area contributed by atoms with Crippen LogP contribution in [0.5, 0.6) is 0 Å². The summed E-state index contributed by atoms with van der Waals surface area (Å²) >= 11 is 0. The van der Waals surface area contributed by atoms with Gasteiger partial charge < -0.3 is 10.1 Å². The van der Waals surface area contributed by atoms with Crippen molar-refractivity contribution in [2.75, 3.05) is 20.3 Å². The number of hydrogen-bond acceptors (Lipinski definition) is 3. The average molecular weight is 198 g/mol. The van der Waals surface area contributed by atoms with Crippen LogP contribution in [-0.2, 0) is 4.74 Å². The second-order valence-electron chi connectivity index (χ2n) is 4.55. The number of nitrogens with zero attached hydrogens (tertiary/aromatic N) is 1. The average Bonchev–Trinajstić information content (AvgIpc) is 2.13. The Morgan fingerprint density at radius 2 is 2.14 bits per heavy atom. The van der Waals surface area contributed by atoms with Crippen LogP contribution in [0.25, 0.3) is 0 Å². The van der Waals surface area contributed by atoms with Gasteiger partial charge in [0.25, 0.3) is 0 Å². The Morgan fingerprint density at radius 1 is 1.50 bits per heavy atom. The molecule has 0 radical (unpaired) electrons. The standard InChI is InChI=1S/C11H22N2O/c1-10(5-7-12)13-9-11(2,3)6-8-14-4/h10,13H,5-6,8-9H2,1-4H3. The number of rotatable bonds is 7. The third kappa shape index (κ3) is 6.88. The van der Waals surface area contributed by atoms with Gasteiger partial charge in [-0.05, 0) is 18.8 Å². The Kier molecular flexibility index (Phi) is 6.52. The van der Waals surface area contributed by atoms with Gasteiger partial charge in [0.05, 0.1) is 12.5 Å². The summed E-state index contributed by atoms with van der Waals surface area (Å²) in [6, 6.07) is 2.44. The molecule has 3 heteroatoms. The van der Waals surface area contributed by atoms with Gasteiger partial charge in [-0.3, -0.25) is 0 Å². The molecule has 1 atom stereocenters. The van der Waals surface area contributed by atoms with Crippen LogP contribution in [0.15, 0.2) is 0 Å². The highest BCUT2D eigenvalue weighted by atomic mass is 16.5. The summed E-state index contributed by atoms with van der Waals surface area (Å²) in [4.78, 5) is 0. The molecule has 0 aromatic heterocycles. The molecule has 0 spiro atoms. The Morgan fingerprint density at radius 3 is 2.64 bits per heavy atom.